The van der Waals surface area contributed by atoms with Gasteiger partial charge in [-0.1, -0.05) is 5.11 Å². The smallest absolute Gasteiger partial charge is 0.211 e. The molecule has 1 aromatic carbocycles. The minimum absolute atomic E-state index is 0.0268. The number of nitrogens with zero attached hydrogens (tertiary/aromatic N) is 3. The van der Waals surface area contributed by atoms with Crippen molar-refractivity contribution >= 4 is 10.0 Å². The van der Waals surface area contributed by atoms with E-state index in [0.717, 1.165) is 12.1 Å². The first-order chi connectivity index (χ1) is 8.56. The molecule has 18 heavy (non-hydrogen) atoms. The quantitative estimate of drug-likeness (QED) is 0.356. The van der Waals surface area contributed by atoms with Crippen LogP contribution in [0.3, 0.4) is 0 Å². The summed E-state index contributed by atoms with van der Waals surface area (Å²) in [5, 5.41) is 3.34. The van der Waals surface area contributed by atoms with Gasteiger partial charge in [0.25, 0.3) is 0 Å². The topological polar surface area (TPSA) is 94.9 Å². The highest BCUT2D eigenvalue weighted by Crippen LogP contribution is 2.09. The average molecular weight is 272 g/mol. The molecule has 0 heterocycles. The van der Waals surface area contributed by atoms with Crippen LogP contribution in [0.5, 0.6) is 0 Å². The maximum absolute atomic E-state index is 12.6. The Bertz CT molecular complexity index is 523. The van der Waals surface area contributed by atoms with Gasteiger partial charge in [-0.25, -0.2) is 17.5 Å². The fraction of sp³-hybridized carbons (Fsp3) is 0.400. The number of azide groups is 1. The largest absolute Gasteiger partial charge is 0.240 e. The van der Waals surface area contributed by atoms with Crippen LogP contribution in [0.1, 0.15) is 12.8 Å². The molecular formula is C10H13FN4O2S. The Morgan fingerprint density at radius 3 is 2.56 bits per heavy atom. The fourth-order valence-electron chi connectivity index (χ4n) is 1.26. The molecular weight excluding hydrogens is 259 g/mol. The van der Waals surface area contributed by atoms with Gasteiger partial charge < -0.3 is 0 Å². The Kier molecular flexibility index (Phi) is 5.57. The molecule has 0 aliphatic rings. The molecule has 0 radical (unpaired) electrons. The van der Waals surface area contributed by atoms with Crippen LogP contribution in [-0.4, -0.2) is 21.5 Å². The van der Waals surface area contributed by atoms with E-state index < -0.39 is 15.8 Å². The van der Waals surface area contributed by atoms with E-state index in [0.29, 0.717) is 19.4 Å². The van der Waals surface area contributed by atoms with E-state index in [2.05, 4.69) is 14.7 Å². The van der Waals surface area contributed by atoms with Gasteiger partial charge in [0, 0.05) is 18.0 Å². The molecule has 1 rings (SSSR count). The summed E-state index contributed by atoms with van der Waals surface area (Å²) in [5.41, 5.74) is 8.04. The number of rotatable bonds is 7. The summed E-state index contributed by atoms with van der Waals surface area (Å²) in [4.78, 5) is 2.62. The van der Waals surface area contributed by atoms with E-state index in [1.54, 1.807) is 0 Å². The second-order valence-electron chi connectivity index (χ2n) is 3.51. The van der Waals surface area contributed by atoms with Crippen LogP contribution in [0.15, 0.2) is 34.3 Å². The van der Waals surface area contributed by atoms with Gasteiger partial charge in [-0.15, -0.1) is 0 Å². The van der Waals surface area contributed by atoms with Gasteiger partial charge in [0.2, 0.25) is 10.0 Å². The van der Waals surface area contributed by atoms with Gasteiger partial charge in [0.1, 0.15) is 5.82 Å². The standard InChI is InChI=1S/C10H13FN4O2S/c11-9-3-5-10(6-4-9)18(16,17)14-8-2-1-7-13-15-12/h3-6,14H,1-2,7-8H2. The fourth-order valence-corrected chi connectivity index (χ4v) is 2.33. The number of benzene rings is 1. The minimum Gasteiger partial charge on any atom is -0.211 e. The number of hydrogen-bond acceptors (Lipinski definition) is 3. The van der Waals surface area contributed by atoms with Gasteiger partial charge in [-0.3, -0.25) is 0 Å². The van der Waals surface area contributed by atoms with Gasteiger partial charge in [-0.2, -0.15) is 0 Å². The van der Waals surface area contributed by atoms with E-state index in [-0.39, 0.29) is 11.4 Å². The number of sulfonamides is 1. The third kappa shape index (κ3) is 4.70. The summed E-state index contributed by atoms with van der Waals surface area (Å²) in [6.45, 7) is 0.593. The van der Waals surface area contributed by atoms with Crippen LogP contribution in [0.2, 0.25) is 0 Å². The minimum atomic E-state index is -3.59. The summed E-state index contributed by atoms with van der Waals surface area (Å²) in [7, 11) is -3.59. The zero-order valence-electron chi connectivity index (χ0n) is 9.58. The molecule has 1 aromatic rings. The zero-order chi connectivity index (χ0) is 13.4. The second-order valence-corrected chi connectivity index (χ2v) is 5.28. The lowest BCUT2D eigenvalue weighted by Gasteiger charge is -2.05. The van der Waals surface area contributed by atoms with Crippen molar-refractivity contribution in [1.29, 1.82) is 0 Å². The Hall–Kier alpha value is -1.63. The molecule has 0 amide bonds. The van der Waals surface area contributed by atoms with Crippen molar-refractivity contribution in [3.8, 4) is 0 Å². The normalized spacial score (nSPS) is 10.9. The molecule has 6 nitrogen and oxygen atoms in total. The first kappa shape index (κ1) is 14.4. The van der Waals surface area contributed by atoms with Crippen LogP contribution in [0.4, 0.5) is 4.39 Å². The highest BCUT2D eigenvalue weighted by Gasteiger charge is 2.12. The molecule has 0 aromatic heterocycles. The Labute approximate surface area is 105 Å². The molecule has 0 unspecified atom stereocenters. The maximum Gasteiger partial charge on any atom is 0.240 e. The van der Waals surface area contributed by atoms with Crippen molar-refractivity contribution in [3.63, 3.8) is 0 Å². The van der Waals surface area contributed by atoms with E-state index in [9.17, 15) is 12.8 Å². The third-order valence-corrected chi connectivity index (χ3v) is 3.64. The van der Waals surface area contributed by atoms with Crippen molar-refractivity contribution in [2.45, 2.75) is 17.7 Å². The van der Waals surface area contributed by atoms with Crippen molar-refractivity contribution in [2.75, 3.05) is 13.1 Å². The molecule has 0 saturated heterocycles. The summed E-state index contributed by atoms with van der Waals surface area (Å²) >= 11 is 0. The lowest BCUT2D eigenvalue weighted by molar-refractivity contribution is 0.576. The van der Waals surface area contributed by atoms with E-state index >= 15 is 0 Å². The van der Waals surface area contributed by atoms with Crippen molar-refractivity contribution in [1.82, 2.24) is 4.72 Å². The monoisotopic (exact) mass is 272 g/mol. The van der Waals surface area contributed by atoms with Crippen LogP contribution >= 0.6 is 0 Å². The van der Waals surface area contributed by atoms with Crippen molar-refractivity contribution < 1.29 is 12.8 Å². The number of halogens is 1. The van der Waals surface area contributed by atoms with Crippen molar-refractivity contribution in [3.05, 3.63) is 40.5 Å². The van der Waals surface area contributed by atoms with Crippen molar-refractivity contribution in [2.24, 2.45) is 5.11 Å². The predicted molar refractivity (Wildman–Crippen MR) is 64.8 cm³/mol. The number of unbranched alkanes of at least 4 members (excludes halogenated alkanes) is 1. The highest BCUT2D eigenvalue weighted by atomic mass is 32.2. The molecule has 0 bridgehead atoms. The van der Waals surface area contributed by atoms with Crippen LogP contribution in [0, 0.1) is 5.82 Å². The van der Waals surface area contributed by atoms with Gasteiger partial charge in [0.15, 0.2) is 0 Å². The lowest BCUT2D eigenvalue weighted by atomic mass is 10.3. The first-order valence-electron chi connectivity index (χ1n) is 5.32. The average Bonchev–Trinajstić information content (AvgIpc) is 2.34. The zero-order valence-corrected chi connectivity index (χ0v) is 10.4. The van der Waals surface area contributed by atoms with Gasteiger partial charge >= 0.3 is 0 Å². The molecule has 0 saturated carbocycles. The summed E-state index contributed by atoms with van der Waals surface area (Å²) in [5.74, 6) is -0.483. The predicted octanol–water partition coefficient (Wildman–Crippen LogP) is 2.19. The van der Waals surface area contributed by atoms with E-state index in [4.69, 9.17) is 5.53 Å². The molecule has 1 N–H and O–H groups in total. The highest BCUT2D eigenvalue weighted by molar-refractivity contribution is 7.89. The molecule has 0 aliphatic carbocycles. The van der Waals surface area contributed by atoms with Gasteiger partial charge in [-0.05, 0) is 42.6 Å². The third-order valence-electron chi connectivity index (χ3n) is 2.16. The Balaban J connectivity index is 2.45. The number of hydrogen-bond donors (Lipinski definition) is 1. The summed E-state index contributed by atoms with van der Waals surface area (Å²) < 4.78 is 38.5. The van der Waals surface area contributed by atoms with E-state index in [1.807, 2.05) is 0 Å². The molecule has 0 atom stereocenters. The molecule has 0 spiro atoms. The lowest BCUT2D eigenvalue weighted by Crippen LogP contribution is -2.24. The SMILES string of the molecule is [N-]=[N+]=NCCCCNS(=O)(=O)c1ccc(F)cc1. The van der Waals surface area contributed by atoms with Gasteiger partial charge in [0.05, 0.1) is 4.90 Å². The van der Waals surface area contributed by atoms with E-state index in [1.165, 1.54) is 12.1 Å². The summed E-state index contributed by atoms with van der Waals surface area (Å²) in [6, 6.07) is 4.60. The molecule has 8 heteroatoms. The Morgan fingerprint density at radius 2 is 1.94 bits per heavy atom. The molecule has 0 aliphatic heterocycles. The molecule has 0 fully saturated rings. The van der Waals surface area contributed by atoms with Crippen LogP contribution < -0.4 is 4.72 Å². The van der Waals surface area contributed by atoms with Crippen LogP contribution in [-0.2, 0) is 10.0 Å². The summed E-state index contributed by atoms with van der Waals surface area (Å²) in [6.07, 6.45) is 1.18. The first-order valence-corrected chi connectivity index (χ1v) is 6.80. The Morgan fingerprint density at radius 1 is 1.28 bits per heavy atom. The second kappa shape index (κ2) is 6.95. The van der Waals surface area contributed by atoms with Crippen LogP contribution in [0.25, 0.3) is 10.4 Å². The molecule has 98 valence electrons. The maximum atomic E-state index is 12.6. The number of nitrogens with one attached hydrogen (secondary N) is 1.